The zero-order valence-corrected chi connectivity index (χ0v) is 13.0. The van der Waals surface area contributed by atoms with Crippen molar-refractivity contribution in [2.75, 3.05) is 11.9 Å². The minimum atomic E-state index is -0.497. The second-order valence-corrected chi connectivity index (χ2v) is 5.83. The van der Waals surface area contributed by atoms with E-state index in [-0.39, 0.29) is 11.8 Å². The van der Waals surface area contributed by atoms with Gasteiger partial charge in [-0.1, -0.05) is 19.9 Å². The van der Waals surface area contributed by atoms with E-state index in [4.69, 9.17) is 11.5 Å². The van der Waals surface area contributed by atoms with Crippen LogP contribution in [0.4, 0.5) is 5.69 Å². The highest BCUT2D eigenvalue weighted by atomic mass is 16.2. The molecule has 0 aromatic heterocycles. The van der Waals surface area contributed by atoms with Crippen molar-refractivity contribution in [3.05, 3.63) is 29.3 Å². The standard InChI is InChI=1S/C16H25N3O2/c1-10(2)7-12(9-17)8-15(20)19-14-6-4-5-13(11(14)3)16(18)21/h4-6,10,12H,7-9,17H2,1-3H3,(H2,18,21)(H,19,20). The monoisotopic (exact) mass is 291 g/mol. The first-order valence-electron chi connectivity index (χ1n) is 7.24. The van der Waals surface area contributed by atoms with E-state index < -0.39 is 5.91 Å². The van der Waals surface area contributed by atoms with E-state index in [0.717, 1.165) is 6.42 Å². The molecule has 1 aromatic carbocycles. The number of benzene rings is 1. The summed E-state index contributed by atoms with van der Waals surface area (Å²) < 4.78 is 0. The fourth-order valence-electron chi connectivity index (χ4n) is 2.43. The van der Waals surface area contributed by atoms with Crippen LogP contribution >= 0.6 is 0 Å². The van der Waals surface area contributed by atoms with Crippen LogP contribution in [0.5, 0.6) is 0 Å². The Balaban J connectivity index is 2.75. The van der Waals surface area contributed by atoms with E-state index >= 15 is 0 Å². The van der Waals surface area contributed by atoms with Crippen LogP contribution in [0.25, 0.3) is 0 Å². The second kappa shape index (κ2) is 7.78. The number of nitrogens with two attached hydrogens (primary N) is 2. The molecule has 0 aliphatic rings. The molecule has 0 fully saturated rings. The molecule has 0 aliphatic heterocycles. The van der Waals surface area contributed by atoms with Crippen molar-refractivity contribution < 1.29 is 9.59 Å². The van der Waals surface area contributed by atoms with Gasteiger partial charge in [0.2, 0.25) is 11.8 Å². The molecular formula is C16H25N3O2. The third kappa shape index (κ3) is 5.19. The summed E-state index contributed by atoms with van der Waals surface area (Å²) >= 11 is 0. The lowest BCUT2D eigenvalue weighted by atomic mass is 9.94. The Bertz CT molecular complexity index is 512. The van der Waals surface area contributed by atoms with Gasteiger partial charge in [-0.2, -0.15) is 0 Å². The molecular weight excluding hydrogens is 266 g/mol. The van der Waals surface area contributed by atoms with Crippen molar-refractivity contribution in [1.29, 1.82) is 0 Å². The SMILES string of the molecule is Cc1c(NC(=O)CC(CN)CC(C)C)cccc1C(N)=O. The van der Waals surface area contributed by atoms with Gasteiger partial charge in [0.1, 0.15) is 0 Å². The average Bonchev–Trinajstić information content (AvgIpc) is 2.39. The number of anilines is 1. The van der Waals surface area contributed by atoms with E-state index in [1.165, 1.54) is 0 Å². The molecule has 5 nitrogen and oxygen atoms in total. The first-order chi connectivity index (χ1) is 9.85. The van der Waals surface area contributed by atoms with E-state index in [9.17, 15) is 9.59 Å². The van der Waals surface area contributed by atoms with Crippen molar-refractivity contribution >= 4 is 17.5 Å². The lowest BCUT2D eigenvalue weighted by Crippen LogP contribution is -2.24. The smallest absolute Gasteiger partial charge is 0.249 e. The molecule has 116 valence electrons. The normalized spacial score (nSPS) is 12.2. The summed E-state index contributed by atoms with van der Waals surface area (Å²) in [5, 5.41) is 2.84. The molecule has 0 saturated carbocycles. The number of primary amides is 1. The van der Waals surface area contributed by atoms with Crippen LogP contribution in [-0.4, -0.2) is 18.4 Å². The average molecular weight is 291 g/mol. The molecule has 1 rings (SSSR count). The van der Waals surface area contributed by atoms with E-state index in [2.05, 4.69) is 19.2 Å². The van der Waals surface area contributed by atoms with Gasteiger partial charge in [0.25, 0.3) is 0 Å². The molecule has 2 amide bonds. The van der Waals surface area contributed by atoms with Crippen molar-refractivity contribution in [1.82, 2.24) is 0 Å². The minimum Gasteiger partial charge on any atom is -0.366 e. The molecule has 0 aliphatic carbocycles. The lowest BCUT2D eigenvalue weighted by Gasteiger charge is -2.17. The van der Waals surface area contributed by atoms with Gasteiger partial charge < -0.3 is 16.8 Å². The predicted octanol–water partition coefficient (Wildman–Crippen LogP) is 2.04. The van der Waals surface area contributed by atoms with Gasteiger partial charge in [-0.3, -0.25) is 9.59 Å². The molecule has 0 saturated heterocycles. The summed E-state index contributed by atoms with van der Waals surface area (Å²) in [5.74, 6) is 0.0926. The summed E-state index contributed by atoms with van der Waals surface area (Å²) in [6.07, 6.45) is 1.30. The maximum absolute atomic E-state index is 12.1. The van der Waals surface area contributed by atoms with Gasteiger partial charge in [-0.25, -0.2) is 0 Å². The summed E-state index contributed by atoms with van der Waals surface area (Å²) in [5.41, 5.74) is 12.7. The molecule has 0 spiro atoms. The first kappa shape index (κ1) is 17.2. The van der Waals surface area contributed by atoms with Crippen LogP contribution in [0.2, 0.25) is 0 Å². The molecule has 1 aromatic rings. The van der Waals surface area contributed by atoms with Gasteiger partial charge in [-0.15, -0.1) is 0 Å². The zero-order valence-electron chi connectivity index (χ0n) is 13.0. The van der Waals surface area contributed by atoms with Crippen molar-refractivity contribution in [2.24, 2.45) is 23.3 Å². The van der Waals surface area contributed by atoms with E-state index in [1.54, 1.807) is 25.1 Å². The summed E-state index contributed by atoms with van der Waals surface area (Å²) in [6.45, 7) is 6.48. The highest BCUT2D eigenvalue weighted by molar-refractivity contribution is 5.98. The Morgan fingerprint density at radius 1 is 1.29 bits per heavy atom. The number of amides is 2. The van der Waals surface area contributed by atoms with E-state index in [1.807, 2.05) is 0 Å². The number of rotatable bonds is 7. The van der Waals surface area contributed by atoms with Gasteiger partial charge in [0.15, 0.2) is 0 Å². The number of carbonyl (C=O) groups excluding carboxylic acids is 2. The summed E-state index contributed by atoms with van der Waals surface area (Å²) in [4.78, 5) is 23.4. The largest absolute Gasteiger partial charge is 0.366 e. The Labute approximate surface area is 126 Å². The van der Waals surface area contributed by atoms with Crippen LogP contribution in [-0.2, 0) is 4.79 Å². The molecule has 0 radical (unpaired) electrons. The Hall–Kier alpha value is -1.88. The number of hydrogen-bond donors (Lipinski definition) is 3. The zero-order chi connectivity index (χ0) is 16.0. The van der Waals surface area contributed by atoms with Gasteiger partial charge in [0.05, 0.1) is 0 Å². The molecule has 1 unspecified atom stereocenters. The topological polar surface area (TPSA) is 98.2 Å². The molecule has 5 heteroatoms. The maximum atomic E-state index is 12.1. The van der Waals surface area contributed by atoms with Crippen molar-refractivity contribution in [3.63, 3.8) is 0 Å². The lowest BCUT2D eigenvalue weighted by molar-refractivity contribution is -0.117. The molecule has 1 atom stereocenters. The van der Waals surface area contributed by atoms with Crippen LogP contribution in [0.15, 0.2) is 18.2 Å². The quantitative estimate of drug-likeness (QED) is 0.717. The van der Waals surface area contributed by atoms with Crippen molar-refractivity contribution in [3.8, 4) is 0 Å². The highest BCUT2D eigenvalue weighted by Crippen LogP contribution is 2.20. The number of carbonyl (C=O) groups is 2. The summed E-state index contributed by atoms with van der Waals surface area (Å²) in [7, 11) is 0. The third-order valence-corrected chi connectivity index (χ3v) is 3.49. The molecule has 21 heavy (non-hydrogen) atoms. The molecule has 0 bridgehead atoms. The van der Waals surface area contributed by atoms with E-state index in [0.29, 0.717) is 35.7 Å². The Morgan fingerprint density at radius 2 is 1.95 bits per heavy atom. The van der Waals surface area contributed by atoms with Crippen LogP contribution in [0, 0.1) is 18.8 Å². The van der Waals surface area contributed by atoms with Gasteiger partial charge >= 0.3 is 0 Å². The Morgan fingerprint density at radius 3 is 2.48 bits per heavy atom. The fraction of sp³-hybridized carbons (Fsp3) is 0.500. The van der Waals surface area contributed by atoms with Crippen LogP contribution in [0.1, 0.15) is 42.6 Å². The minimum absolute atomic E-state index is 0.0872. The van der Waals surface area contributed by atoms with Gasteiger partial charge in [-0.05, 0) is 49.4 Å². The number of nitrogens with one attached hydrogen (secondary N) is 1. The Kier molecular flexibility index (Phi) is 6.37. The first-order valence-corrected chi connectivity index (χ1v) is 7.24. The highest BCUT2D eigenvalue weighted by Gasteiger charge is 2.16. The fourth-order valence-corrected chi connectivity index (χ4v) is 2.43. The predicted molar refractivity (Wildman–Crippen MR) is 84.9 cm³/mol. The van der Waals surface area contributed by atoms with Crippen molar-refractivity contribution in [2.45, 2.75) is 33.6 Å². The van der Waals surface area contributed by atoms with Crippen LogP contribution in [0.3, 0.4) is 0 Å². The van der Waals surface area contributed by atoms with Crippen LogP contribution < -0.4 is 16.8 Å². The molecule has 0 heterocycles. The summed E-state index contributed by atoms with van der Waals surface area (Å²) in [6, 6.07) is 5.12. The van der Waals surface area contributed by atoms with Gasteiger partial charge in [0, 0.05) is 17.7 Å². The third-order valence-electron chi connectivity index (χ3n) is 3.49. The maximum Gasteiger partial charge on any atom is 0.249 e. The molecule has 5 N–H and O–H groups in total. The second-order valence-electron chi connectivity index (χ2n) is 5.83. The number of hydrogen-bond acceptors (Lipinski definition) is 3.